The van der Waals surface area contributed by atoms with E-state index in [4.69, 9.17) is 14.2 Å². The molecule has 2 rings (SSSR count). The Morgan fingerprint density at radius 1 is 1.40 bits per heavy atom. The highest BCUT2D eigenvalue weighted by atomic mass is 32.1. The molecule has 6 nitrogen and oxygen atoms in total. The summed E-state index contributed by atoms with van der Waals surface area (Å²) in [7, 11) is 0. The first-order chi connectivity index (χ1) is 9.75. The van der Waals surface area contributed by atoms with Gasteiger partial charge in [-0.2, -0.15) is 0 Å². The monoisotopic (exact) mass is 297 g/mol. The summed E-state index contributed by atoms with van der Waals surface area (Å²) in [6, 6.07) is 3.97. The van der Waals surface area contributed by atoms with Gasteiger partial charge in [0.05, 0.1) is 0 Å². The Kier molecular flexibility index (Phi) is 5.43. The Hall–Kier alpha value is -2.02. The van der Waals surface area contributed by atoms with E-state index >= 15 is 0 Å². The Morgan fingerprint density at radius 3 is 3.00 bits per heavy atom. The number of nitrogens with one attached hydrogen (secondary N) is 1. The molecule has 1 N–H and O–H groups in total. The molecule has 108 valence electrons. The lowest BCUT2D eigenvalue weighted by molar-refractivity contribution is -0.149. The molecular formula is C13H15NO5S. The number of carbonyl (C=O) groups is 2. The second kappa shape index (κ2) is 7.54. The van der Waals surface area contributed by atoms with E-state index < -0.39 is 5.97 Å². The summed E-state index contributed by atoms with van der Waals surface area (Å²) in [5, 5.41) is 4.66. The lowest BCUT2D eigenvalue weighted by Gasteiger charge is -2.14. The molecule has 0 bridgehead atoms. The van der Waals surface area contributed by atoms with E-state index in [1.54, 1.807) is 11.3 Å². The van der Waals surface area contributed by atoms with E-state index in [1.165, 1.54) is 11.1 Å². The maximum absolute atomic E-state index is 11.5. The molecule has 0 unspecified atom stereocenters. The Labute approximate surface area is 120 Å². The first kappa shape index (κ1) is 14.4. The van der Waals surface area contributed by atoms with Crippen molar-refractivity contribution in [3.8, 4) is 0 Å². The first-order valence-corrected chi connectivity index (χ1v) is 7.04. The van der Waals surface area contributed by atoms with Gasteiger partial charge in [0.2, 0.25) is 5.76 Å². The number of carbonyl (C=O) groups excluding carboxylic acids is 2. The fraction of sp³-hybridized carbons (Fsp3) is 0.385. The molecule has 20 heavy (non-hydrogen) atoms. The lowest BCUT2D eigenvalue weighted by Crippen LogP contribution is -2.31. The van der Waals surface area contributed by atoms with Gasteiger partial charge in [0.15, 0.2) is 6.61 Å². The van der Waals surface area contributed by atoms with Crippen molar-refractivity contribution in [2.45, 2.75) is 6.42 Å². The zero-order valence-electron chi connectivity index (χ0n) is 10.8. The molecule has 0 spiro atoms. The number of thiophene rings is 1. The third kappa shape index (κ3) is 4.58. The van der Waals surface area contributed by atoms with Gasteiger partial charge in [-0.1, -0.05) is 6.07 Å². The van der Waals surface area contributed by atoms with E-state index in [2.05, 4.69) is 5.32 Å². The molecule has 1 aliphatic rings. The van der Waals surface area contributed by atoms with E-state index in [-0.39, 0.29) is 18.3 Å². The summed E-state index contributed by atoms with van der Waals surface area (Å²) < 4.78 is 14.8. The van der Waals surface area contributed by atoms with E-state index in [1.807, 2.05) is 17.5 Å². The molecule has 1 aliphatic heterocycles. The first-order valence-electron chi connectivity index (χ1n) is 6.16. The van der Waals surface area contributed by atoms with Crippen LogP contribution in [-0.4, -0.2) is 38.2 Å². The van der Waals surface area contributed by atoms with E-state index in [0.29, 0.717) is 19.8 Å². The molecule has 0 atom stereocenters. The van der Waals surface area contributed by atoms with Gasteiger partial charge < -0.3 is 19.5 Å². The van der Waals surface area contributed by atoms with Gasteiger partial charge in [0, 0.05) is 11.4 Å². The minimum Gasteiger partial charge on any atom is -0.493 e. The summed E-state index contributed by atoms with van der Waals surface area (Å²) in [5.41, 5.74) is 0. The molecule has 0 saturated heterocycles. The Bertz CT molecular complexity index is 483. The van der Waals surface area contributed by atoms with Crippen LogP contribution in [0.2, 0.25) is 0 Å². The van der Waals surface area contributed by atoms with Crippen LogP contribution in [0.1, 0.15) is 4.88 Å². The average Bonchev–Trinajstić information content (AvgIpc) is 2.99. The molecule has 1 aromatic rings. The van der Waals surface area contributed by atoms with Crippen LogP contribution in [0.15, 0.2) is 29.5 Å². The third-order valence-electron chi connectivity index (χ3n) is 2.46. The minimum absolute atomic E-state index is 0.0114. The van der Waals surface area contributed by atoms with Crippen LogP contribution in [0.3, 0.4) is 0 Å². The van der Waals surface area contributed by atoms with Gasteiger partial charge in [-0.15, -0.1) is 11.3 Å². The van der Waals surface area contributed by atoms with Crippen LogP contribution < -0.4 is 5.32 Å². The van der Waals surface area contributed by atoms with Gasteiger partial charge in [-0.25, -0.2) is 4.79 Å². The van der Waals surface area contributed by atoms with Crippen LogP contribution in [-0.2, 0) is 30.2 Å². The van der Waals surface area contributed by atoms with Crippen molar-refractivity contribution in [3.05, 3.63) is 34.4 Å². The summed E-state index contributed by atoms with van der Waals surface area (Å²) in [4.78, 5) is 24.2. The van der Waals surface area contributed by atoms with E-state index in [9.17, 15) is 9.59 Å². The lowest BCUT2D eigenvalue weighted by atomic mass is 10.3. The van der Waals surface area contributed by atoms with Gasteiger partial charge >= 0.3 is 5.97 Å². The van der Waals surface area contributed by atoms with Crippen LogP contribution in [0.4, 0.5) is 0 Å². The quantitative estimate of drug-likeness (QED) is 0.788. The average molecular weight is 297 g/mol. The number of esters is 1. The number of hydrogen-bond donors (Lipinski definition) is 1. The van der Waals surface area contributed by atoms with Crippen molar-refractivity contribution in [1.82, 2.24) is 5.32 Å². The molecular weight excluding hydrogens is 282 g/mol. The van der Waals surface area contributed by atoms with Crippen molar-refractivity contribution in [1.29, 1.82) is 0 Å². The Balaban J connectivity index is 1.62. The standard InChI is InChI=1S/C13H15NO5S/c15-12(14-4-3-10-2-1-7-20-10)9-19-13(16)11-8-17-5-6-18-11/h1-2,7-8H,3-6,9H2,(H,14,15). The topological polar surface area (TPSA) is 73.9 Å². The van der Waals surface area contributed by atoms with Crippen molar-refractivity contribution in [2.24, 2.45) is 0 Å². The predicted molar refractivity (Wildman–Crippen MR) is 72.0 cm³/mol. The largest absolute Gasteiger partial charge is 0.493 e. The molecule has 1 aromatic heterocycles. The fourth-order valence-electron chi connectivity index (χ4n) is 1.51. The highest BCUT2D eigenvalue weighted by Crippen LogP contribution is 2.08. The number of rotatable bonds is 6. The summed E-state index contributed by atoms with van der Waals surface area (Å²) in [6.07, 6.45) is 1.96. The maximum atomic E-state index is 11.5. The number of hydrogen-bond acceptors (Lipinski definition) is 6. The highest BCUT2D eigenvalue weighted by molar-refractivity contribution is 7.09. The van der Waals surface area contributed by atoms with Gasteiger partial charge in [0.1, 0.15) is 19.5 Å². The molecule has 7 heteroatoms. The number of ether oxygens (including phenoxy) is 3. The summed E-state index contributed by atoms with van der Waals surface area (Å²) in [6.45, 7) is 0.886. The maximum Gasteiger partial charge on any atom is 0.377 e. The smallest absolute Gasteiger partial charge is 0.377 e. The van der Waals surface area contributed by atoms with Crippen LogP contribution in [0.5, 0.6) is 0 Å². The van der Waals surface area contributed by atoms with Crippen molar-refractivity contribution >= 4 is 23.2 Å². The highest BCUT2D eigenvalue weighted by Gasteiger charge is 2.17. The van der Waals surface area contributed by atoms with Crippen molar-refractivity contribution in [3.63, 3.8) is 0 Å². The van der Waals surface area contributed by atoms with Crippen LogP contribution >= 0.6 is 11.3 Å². The zero-order chi connectivity index (χ0) is 14.2. The Morgan fingerprint density at radius 2 is 2.30 bits per heavy atom. The van der Waals surface area contributed by atoms with Gasteiger partial charge in [-0.05, 0) is 17.9 Å². The van der Waals surface area contributed by atoms with E-state index in [0.717, 1.165) is 6.42 Å². The second-order valence-corrected chi connectivity index (χ2v) is 4.99. The molecule has 1 amide bonds. The second-order valence-electron chi connectivity index (χ2n) is 3.96. The van der Waals surface area contributed by atoms with Crippen LogP contribution in [0, 0.1) is 0 Å². The predicted octanol–water partition coefficient (Wildman–Crippen LogP) is 0.838. The molecule has 0 fully saturated rings. The van der Waals surface area contributed by atoms with Gasteiger partial charge in [0.25, 0.3) is 5.91 Å². The third-order valence-corrected chi connectivity index (χ3v) is 3.39. The molecule has 2 heterocycles. The molecule has 0 aliphatic carbocycles. The number of amides is 1. The SMILES string of the molecule is O=C(COC(=O)C1=COCCO1)NCCc1cccs1. The minimum atomic E-state index is -0.696. The van der Waals surface area contributed by atoms with Crippen molar-refractivity contribution < 1.29 is 23.8 Å². The molecule has 0 aromatic carbocycles. The fourth-order valence-corrected chi connectivity index (χ4v) is 2.22. The summed E-state index contributed by atoms with van der Waals surface area (Å²) in [5.74, 6) is -1.05. The summed E-state index contributed by atoms with van der Waals surface area (Å²) >= 11 is 1.64. The van der Waals surface area contributed by atoms with Crippen molar-refractivity contribution in [2.75, 3.05) is 26.4 Å². The normalized spacial score (nSPS) is 13.7. The van der Waals surface area contributed by atoms with Crippen LogP contribution in [0.25, 0.3) is 0 Å². The van der Waals surface area contributed by atoms with Gasteiger partial charge in [-0.3, -0.25) is 4.79 Å². The molecule has 0 saturated carbocycles. The molecule has 0 radical (unpaired) electrons. The zero-order valence-corrected chi connectivity index (χ0v) is 11.6.